The maximum Gasteiger partial charge on any atom is 0.0367 e. The van der Waals surface area contributed by atoms with E-state index in [4.69, 9.17) is 0 Å². The van der Waals surface area contributed by atoms with Gasteiger partial charge in [-0.25, -0.2) is 0 Å². The molecule has 132 valence electrons. The third kappa shape index (κ3) is 5.82. The van der Waals surface area contributed by atoms with Crippen molar-refractivity contribution in [3.05, 3.63) is 29.8 Å². The van der Waals surface area contributed by atoms with E-state index in [-0.39, 0.29) is 0 Å². The van der Waals surface area contributed by atoms with Crippen molar-refractivity contribution >= 4 is 5.69 Å². The molecule has 1 aromatic carbocycles. The first-order valence-corrected chi connectivity index (χ1v) is 9.46. The predicted molar refractivity (Wildman–Crippen MR) is 104 cm³/mol. The van der Waals surface area contributed by atoms with Crippen LogP contribution in [-0.2, 0) is 0 Å². The second kappa shape index (κ2) is 10.7. The van der Waals surface area contributed by atoms with Crippen molar-refractivity contribution in [3.63, 3.8) is 0 Å². The Bertz CT molecular complexity index is 407. The van der Waals surface area contributed by atoms with Crippen molar-refractivity contribution in [2.24, 2.45) is 0 Å². The summed E-state index contributed by atoms with van der Waals surface area (Å²) in [5, 5.41) is 0. The van der Waals surface area contributed by atoms with Crippen molar-refractivity contribution in [1.29, 1.82) is 0 Å². The molecule has 0 N–H and O–H groups in total. The maximum atomic E-state index is 2.69. The van der Waals surface area contributed by atoms with Crippen molar-refractivity contribution in [2.75, 3.05) is 51.2 Å². The van der Waals surface area contributed by atoms with Crippen LogP contribution in [0.1, 0.15) is 39.7 Å². The summed E-state index contributed by atoms with van der Waals surface area (Å²) in [4.78, 5) is 7.67. The van der Waals surface area contributed by atoms with Gasteiger partial charge in [0.2, 0.25) is 0 Å². The zero-order valence-corrected chi connectivity index (χ0v) is 16.2. The van der Waals surface area contributed by atoms with Crippen molar-refractivity contribution in [1.82, 2.24) is 9.80 Å². The summed E-state index contributed by atoms with van der Waals surface area (Å²) in [6, 6.07) is 9.74. The standard InChI is InChI=1S/C16H25N3.2C2H6/c1-14-3-5-15(6-4-14)18-9-11-19(12-10-18)16-7-8-17(2)13-16;2*1-2/h3-6,16H,7-13H2,1-2H3;2*1-2H3. The minimum Gasteiger partial charge on any atom is -0.369 e. The number of hydrogen-bond acceptors (Lipinski definition) is 3. The van der Waals surface area contributed by atoms with Gasteiger partial charge in [-0.3, -0.25) is 4.90 Å². The van der Waals surface area contributed by atoms with E-state index in [1.807, 2.05) is 27.7 Å². The summed E-state index contributed by atoms with van der Waals surface area (Å²) in [5.41, 5.74) is 2.73. The van der Waals surface area contributed by atoms with Gasteiger partial charge in [0.05, 0.1) is 0 Å². The first-order chi connectivity index (χ1) is 11.2. The van der Waals surface area contributed by atoms with Gasteiger partial charge < -0.3 is 9.80 Å². The molecule has 2 saturated heterocycles. The lowest BCUT2D eigenvalue weighted by molar-refractivity contribution is 0.187. The van der Waals surface area contributed by atoms with E-state index >= 15 is 0 Å². The molecule has 1 atom stereocenters. The van der Waals surface area contributed by atoms with Crippen LogP contribution in [0.4, 0.5) is 5.69 Å². The van der Waals surface area contributed by atoms with Crippen molar-refractivity contribution in [2.45, 2.75) is 47.1 Å². The van der Waals surface area contributed by atoms with Gasteiger partial charge in [0.1, 0.15) is 0 Å². The Morgan fingerprint density at radius 1 is 0.826 bits per heavy atom. The molecule has 0 aliphatic carbocycles. The molecule has 3 nitrogen and oxygen atoms in total. The lowest BCUT2D eigenvalue weighted by Crippen LogP contribution is -2.51. The highest BCUT2D eigenvalue weighted by Gasteiger charge is 2.28. The average Bonchev–Trinajstić information content (AvgIpc) is 3.06. The number of likely N-dealkylation sites (tertiary alicyclic amines) is 1. The molecule has 1 unspecified atom stereocenters. The number of anilines is 1. The van der Waals surface area contributed by atoms with Crippen LogP contribution in [0.25, 0.3) is 0 Å². The van der Waals surface area contributed by atoms with Crippen LogP contribution in [0, 0.1) is 6.92 Å². The number of piperazine rings is 1. The number of benzene rings is 1. The van der Waals surface area contributed by atoms with Gasteiger partial charge in [-0.05, 0) is 39.1 Å². The summed E-state index contributed by atoms with van der Waals surface area (Å²) in [6.45, 7) is 17.4. The summed E-state index contributed by atoms with van der Waals surface area (Å²) >= 11 is 0. The molecule has 1 aromatic rings. The summed E-state index contributed by atoms with van der Waals surface area (Å²) in [6.07, 6.45) is 1.35. The van der Waals surface area contributed by atoms with Crippen LogP contribution >= 0.6 is 0 Å². The molecule has 2 fully saturated rings. The van der Waals surface area contributed by atoms with Crippen LogP contribution in [-0.4, -0.2) is 62.2 Å². The van der Waals surface area contributed by atoms with Gasteiger partial charge in [0.25, 0.3) is 0 Å². The second-order valence-corrected chi connectivity index (χ2v) is 6.06. The summed E-state index contributed by atoms with van der Waals surface area (Å²) < 4.78 is 0. The first kappa shape index (κ1) is 20.0. The normalized spacial score (nSPS) is 22.0. The monoisotopic (exact) mass is 319 g/mol. The molecular formula is C20H37N3. The highest BCUT2D eigenvalue weighted by atomic mass is 15.3. The van der Waals surface area contributed by atoms with Crippen LogP contribution in [0.5, 0.6) is 0 Å². The van der Waals surface area contributed by atoms with E-state index in [0.29, 0.717) is 0 Å². The van der Waals surface area contributed by atoms with Gasteiger partial charge in [-0.2, -0.15) is 0 Å². The van der Waals surface area contributed by atoms with Gasteiger partial charge in [0, 0.05) is 44.5 Å². The molecule has 0 radical (unpaired) electrons. The molecule has 0 spiro atoms. The Kier molecular flexibility index (Phi) is 9.27. The second-order valence-electron chi connectivity index (χ2n) is 6.06. The van der Waals surface area contributed by atoms with E-state index < -0.39 is 0 Å². The molecule has 0 saturated carbocycles. The Labute approximate surface area is 144 Å². The third-order valence-electron chi connectivity index (χ3n) is 4.60. The number of rotatable bonds is 2. The van der Waals surface area contributed by atoms with Crippen LogP contribution in [0.2, 0.25) is 0 Å². The zero-order chi connectivity index (χ0) is 17.2. The van der Waals surface area contributed by atoms with E-state index in [1.54, 1.807) is 0 Å². The Morgan fingerprint density at radius 3 is 1.87 bits per heavy atom. The molecule has 2 heterocycles. The van der Waals surface area contributed by atoms with Crippen molar-refractivity contribution < 1.29 is 0 Å². The van der Waals surface area contributed by atoms with E-state index in [2.05, 4.69) is 52.9 Å². The topological polar surface area (TPSA) is 9.72 Å². The molecule has 0 amide bonds. The number of hydrogen-bond donors (Lipinski definition) is 0. The Morgan fingerprint density at radius 2 is 1.39 bits per heavy atom. The van der Waals surface area contributed by atoms with E-state index in [9.17, 15) is 0 Å². The highest BCUT2D eigenvalue weighted by molar-refractivity contribution is 5.47. The number of nitrogens with zero attached hydrogens (tertiary/aromatic N) is 3. The third-order valence-corrected chi connectivity index (χ3v) is 4.60. The van der Waals surface area contributed by atoms with E-state index in [1.165, 1.54) is 56.9 Å². The zero-order valence-electron chi connectivity index (χ0n) is 16.2. The summed E-state index contributed by atoms with van der Waals surface area (Å²) in [5.74, 6) is 0. The lowest BCUT2D eigenvalue weighted by Gasteiger charge is -2.39. The maximum absolute atomic E-state index is 2.69. The fraction of sp³-hybridized carbons (Fsp3) is 0.700. The average molecular weight is 320 g/mol. The van der Waals surface area contributed by atoms with Gasteiger partial charge >= 0.3 is 0 Å². The quantitative estimate of drug-likeness (QED) is 0.819. The molecule has 2 aliphatic heterocycles. The Balaban J connectivity index is 0.000000615. The van der Waals surface area contributed by atoms with Crippen LogP contribution < -0.4 is 4.90 Å². The lowest BCUT2D eigenvalue weighted by atomic mass is 10.1. The minimum absolute atomic E-state index is 0.796. The van der Waals surface area contributed by atoms with Crippen LogP contribution in [0.15, 0.2) is 24.3 Å². The Hall–Kier alpha value is -1.06. The molecular weight excluding hydrogens is 282 g/mol. The molecule has 0 aromatic heterocycles. The van der Waals surface area contributed by atoms with Gasteiger partial charge in [-0.1, -0.05) is 45.4 Å². The predicted octanol–water partition coefficient (Wildman–Crippen LogP) is 3.87. The van der Waals surface area contributed by atoms with Crippen molar-refractivity contribution in [3.8, 4) is 0 Å². The highest BCUT2D eigenvalue weighted by Crippen LogP contribution is 2.20. The molecule has 3 rings (SSSR count). The minimum atomic E-state index is 0.796. The smallest absolute Gasteiger partial charge is 0.0367 e. The summed E-state index contributed by atoms with van der Waals surface area (Å²) in [7, 11) is 2.24. The SMILES string of the molecule is CC.CC.Cc1ccc(N2CCN(C3CCN(C)C3)CC2)cc1. The molecule has 2 aliphatic rings. The van der Waals surface area contributed by atoms with Gasteiger partial charge in [-0.15, -0.1) is 0 Å². The van der Waals surface area contributed by atoms with E-state index in [0.717, 1.165) is 6.04 Å². The largest absolute Gasteiger partial charge is 0.369 e. The fourth-order valence-corrected chi connectivity index (χ4v) is 3.31. The number of likely N-dealkylation sites (N-methyl/N-ethyl adjacent to an activating group) is 1. The van der Waals surface area contributed by atoms with Gasteiger partial charge in [0.15, 0.2) is 0 Å². The van der Waals surface area contributed by atoms with Crippen LogP contribution in [0.3, 0.4) is 0 Å². The molecule has 3 heteroatoms. The molecule has 0 bridgehead atoms. The number of aryl methyl sites for hydroxylation is 1. The first-order valence-electron chi connectivity index (χ1n) is 9.46. The fourth-order valence-electron chi connectivity index (χ4n) is 3.31. The molecule has 23 heavy (non-hydrogen) atoms.